The van der Waals surface area contributed by atoms with Gasteiger partial charge in [0.2, 0.25) is 0 Å². The van der Waals surface area contributed by atoms with Crippen molar-refractivity contribution < 1.29 is 0 Å². The van der Waals surface area contributed by atoms with E-state index in [1.54, 1.807) is 0 Å². The van der Waals surface area contributed by atoms with Crippen molar-refractivity contribution in [2.24, 2.45) is 5.92 Å². The summed E-state index contributed by atoms with van der Waals surface area (Å²) in [6.07, 6.45) is 1.42. The fourth-order valence-electron chi connectivity index (χ4n) is 3.33. The number of rotatable bonds is 0. The Balaban J connectivity index is 2.10. The highest BCUT2D eigenvalue weighted by Crippen LogP contribution is 2.36. The van der Waals surface area contributed by atoms with E-state index >= 15 is 0 Å². The monoisotopic (exact) mass is 224 g/mol. The molecule has 0 spiro atoms. The number of hydrogen-bond donors (Lipinski definition) is 0. The molecular formula is C14H28N2. The molecule has 2 nitrogen and oxygen atoms in total. The zero-order chi connectivity index (χ0) is 12.1. The predicted octanol–water partition coefficient (Wildman–Crippen LogP) is 2.59. The molecule has 94 valence electrons. The number of nitrogens with zero attached hydrogens (tertiary/aromatic N) is 2. The van der Waals surface area contributed by atoms with Gasteiger partial charge in [0.25, 0.3) is 0 Å². The minimum atomic E-state index is 0.338. The van der Waals surface area contributed by atoms with Gasteiger partial charge in [-0.05, 0) is 53.9 Å². The number of hydrogen-bond acceptors (Lipinski definition) is 2. The molecule has 0 amide bonds. The first-order valence-corrected chi connectivity index (χ1v) is 6.70. The molecule has 2 unspecified atom stereocenters. The Bertz CT molecular complexity index is 257. The van der Waals surface area contributed by atoms with Gasteiger partial charge in [-0.15, -0.1) is 0 Å². The zero-order valence-corrected chi connectivity index (χ0v) is 11.9. The van der Waals surface area contributed by atoms with Gasteiger partial charge in [-0.2, -0.15) is 0 Å². The molecule has 2 aliphatic heterocycles. The fraction of sp³-hybridized carbons (Fsp3) is 1.00. The third kappa shape index (κ3) is 2.28. The standard InChI is InChI=1S/C14H28N2/c1-13(2,3)15-8-11-7-12(10-15)16(9-11)14(4,5)6/h11-12H,7-10H2,1-6H3. The van der Waals surface area contributed by atoms with E-state index in [0.717, 1.165) is 12.0 Å². The van der Waals surface area contributed by atoms with Crippen molar-refractivity contribution in [1.29, 1.82) is 0 Å². The Morgan fingerprint density at radius 3 is 1.94 bits per heavy atom. The molecule has 2 heterocycles. The van der Waals surface area contributed by atoms with Crippen LogP contribution in [0.1, 0.15) is 48.0 Å². The molecule has 0 aromatic carbocycles. The Morgan fingerprint density at radius 1 is 0.812 bits per heavy atom. The van der Waals surface area contributed by atoms with Crippen LogP contribution in [0.2, 0.25) is 0 Å². The Labute approximate surface area is 101 Å². The zero-order valence-electron chi connectivity index (χ0n) is 11.9. The van der Waals surface area contributed by atoms with Gasteiger partial charge in [0, 0.05) is 36.8 Å². The fourth-order valence-corrected chi connectivity index (χ4v) is 3.33. The molecule has 0 aromatic rings. The van der Waals surface area contributed by atoms with Crippen LogP contribution in [-0.4, -0.2) is 46.6 Å². The van der Waals surface area contributed by atoms with Crippen molar-refractivity contribution in [3.63, 3.8) is 0 Å². The minimum absolute atomic E-state index is 0.338. The molecule has 0 radical (unpaired) electrons. The van der Waals surface area contributed by atoms with Crippen LogP contribution in [0, 0.1) is 5.92 Å². The van der Waals surface area contributed by atoms with E-state index in [1.807, 2.05) is 0 Å². The summed E-state index contributed by atoms with van der Waals surface area (Å²) in [5.41, 5.74) is 0.679. The molecule has 2 fully saturated rings. The van der Waals surface area contributed by atoms with Crippen molar-refractivity contribution in [3.05, 3.63) is 0 Å². The molecule has 2 atom stereocenters. The summed E-state index contributed by atoms with van der Waals surface area (Å²) in [5, 5.41) is 0. The summed E-state index contributed by atoms with van der Waals surface area (Å²) in [6.45, 7) is 18.0. The van der Waals surface area contributed by atoms with E-state index in [9.17, 15) is 0 Å². The van der Waals surface area contributed by atoms with E-state index in [4.69, 9.17) is 0 Å². The van der Waals surface area contributed by atoms with E-state index in [0.29, 0.717) is 11.1 Å². The van der Waals surface area contributed by atoms with Gasteiger partial charge in [0.15, 0.2) is 0 Å². The van der Waals surface area contributed by atoms with Crippen LogP contribution in [0.25, 0.3) is 0 Å². The van der Waals surface area contributed by atoms with Crippen LogP contribution >= 0.6 is 0 Å². The Kier molecular flexibility index (Phi) is 2.87. The summed E-state index contributed by atoms with van der Waals surface area (Å²) in [5.74, 6) is 0.900. The summed E-state index contributed by atoms with van der Waals surface area (Å²) in [6, 6.07) is 0.790. The molecule has 2 aliphatic rings. The van der Waals surface area contributed by atoms with E-state index in [-0.39, 0.29) is 0 Å². The second-order valence-corrected chi connectivity index (χ2v) is 7.65. The number of fused-ring (bicyclic) bond motifs is 2. The van der Waals surface area contributed by atoms with Crippen LogP contribution in [-0.2, 0) is 0 Å². The molecule has 2 bridgehead atoms. The second kappa shape index (κ2) is 3.71. The van der Waals surface area contributed by atoms with E-state index < -0.39 is 0 Å². The third-order valence-electron chi connectivity index (χ3n) is 4.22. The molecule has 0 aromatic heterocycles. The molecule has 0 saturated carbocycles. The van der Waals surface area contributed by atoms with Gasteiger partial charge in [-0.3, -0.25) is 9.80 Å². The van der Waals surface area contributed by atoms with Gasteiger partial charge < -0.3 is 0 Å². The van der Waals surface area contributed by atoms with Crippen LogP contribution in [0.4, 0.5) is 0 Å². The highest BCUT2D eigenvalue weighted by Gasteiger charge is 2.44. The maximum Gasteiger partial charge on any atom is 0.0232 e. The molecular weight excluding hydrogens is 196 g/mol. The Hall–Kier alpha value is -0.0800. The predicted molar refractivity (Wildman–Crippen MR) is 69.7 cm³/mol. The van der Waals surface area contributed by atoms with Gasteiger partial charge in [-0.1, -0.05) is 0 Å². The van der Waals surface area contributed by atoms with E-state index in [2.05, 4.69) is 51.3 Å². The lowest BCUT2D eigenvalue weighted by molar-refractivity contribution is 0.0564. The van der Waals surface area contributed by atoms with Crippen molar-refractivity contribution in [2.75, 3.05) is 19.6 Å². The first kappa shape index (κ1) is 12.4. The van der Waals surface area contributed by atoms with Gasteiger partial charge >= 0.3 is 0 Å². The third-order valence-corrected chi connectivity index (χ3v) is 4.22. The van der Waals surface area contributed by atoms with Crippen LogP contribution in [0.5, 0.6) is 0 Å². The summed E-state index contributed by atoms with van der Waals surface area (Å²) in [4.78, 5) is 5.40. The van der Waals surface area contributed by atoms with Crippen LogP contribution in [0.3, 0.4) is 0 Å². The average Bonchev–Trinajstić information content (AvgIpc) is 2.38. The lowest BCUT2D eigenvalue weighted by Crippen LogP contribution is -2.53. The van der Waals surface area contributed by atoms with Crippen molar-refractivity contribution in [1.82, 2.24) is 9.80 Å². The molecule has 2 heteroatoms. The SMILES string of the molecule is CC(C)(C)N1CC2CC(C1)N(C(C)(C)C)C2. The normalized spacial score (nSPS) is 33.4. The smallest absolute Gasteiger partial charge is 0.0232 e. The molecule has 2 rings (SSSR count). The van der Waals surface area contributed by atoms with Crippen molar-refractivity contribution >= 4 is 0 Å². The average molecular weight is 224 g/mol. The highest BCUT2D eigenvalue weighted by atomic mass is 15.3. The van der Waals surface area contributed by atoms with Gasteiger partial charge in [0.05, 0.1) is 0 Å². The molecule has 0 aliphatic carbocycles. The number of likely N-dealkylation sites (tertiary alicyclic amines) is 2. The van der Waals surface area contributed by atoms with Crippen molar-refractivity contribution in [2.45, 2.75) is 65.1 Å². The van der Waals surface area contributed by atoms with Crippen LogP contribution in [0.15, 0.2) is 0 Å². The maximum atomic E-state index is 2.73. The lowest BCUT2D eigenvalue weighted by atomic mass is 9.94. The first-order chi connectivity index (χ1) is 7.18. The highest BCUT2D eigenvalue weighted by molar-refractivity contribution is 5.00. The molecule has 2 saturated heterocycles. The molecule has 0 N–H and O–H groups in total. The summed E-state index contributed by atoms with van der Waals surface area (Å²) in [7, 11) is 0. The topological polar surface area (TPSA) is 6.48 Å². The number of piperidine rings is 1. The summed E-state index contributed by atoms with van der Waals surface area (Å²) < 4.78 is 0. The maximum absolute atomic E-state index is 2.73. The Morgan fingerprint density at radius 2 is 1.44 bits per heavy atom. The molecule has 16 heavy (non-hydrogen) atoms. The first-order valence-electron chi connectivity index (χ1n) is 6.70. The van der Waals surface area contributed by atoms with E-state index in [1.165, 1.54) is 26.1 Å². The minimum Gasteiger partial charge on any atom is -0.297 e. The van der Waals surface area contributed by atoms with Gasteiger partial charge in [0.1, 0.15) is 0 Å². The van der Waals surface area contributed by atoms with Gasteiger partial charge in [-0.25, -0.2) is 0 Å². The van der Waals surface area contributed by atoms with Crippen molar-refractivity contribution in [3.8, 4) is 0 Å². The lowest BCUT2D eigenvalue weighted by Gasteiger charge is -2.43. The quantitative estimate of drug-likeness (QED) is 0.624. The second-order valence-electron chi connectivity index (χ2n) is 7.65. The largest absolute Gasteiger partial charge is 0.297 e. The van der Waals surface area contributed by atoms with Crippen LogP contribution < -0.4 is 0 Å². The summed E-state index contributed by atoms with van der Waals surface area (Å²) >= 11 is 0.